The first-order valence-corrected chi connectivity index (χ1v) is 8.89. The van der Waals surface area contributed by atoms with Gasteiger partial charge in [-0.05, 0) is 42.7 Å². The minimum Gasteiger partial charge on any atom is -0.388 e. The van der Waals surface area contributed by atoms with Crippen molar-refractivity contribution in [2.75, 3.05) is 0 Å². The first-order valence-electron chi connectivity index (χ1n) is 7.30. The van der Waals surface area contributed by atoms with E-state index in [4.69, 9.17) is 0 Å². The normalized spacial score (nSPS) is 17.3. The van der Waals surface area contributed by atoms with Gasteiger partial charge in [0.05, 0.1) is 17.8 Å². The number of rotatable bonds is 4. The summed E-state index contributed by atoms with van der Waals surface area (Å²) in [7, 11) is 0. The second kappa shape index (κ2) is 6.63. The van der Waals surface area contributed by atoms with E-state index >= 15 is 0 Å². The highest BCUT2D eigenvalue weighted by atomic mass is 79.9. The van der Waals surface area contributed by atoms with Crippen molar-refractivity contribution in [2.45, 2.75) is 44.2 Å². The van der Waals surface area contributed by atoms with E-state index in [2.05, 4.69) is 41.6 Å². The highest BCUT2D eigenvalue weighted by molar-refractivity contribution is 9.11. The molecular weight excluding hydrogens is 396 g/mol. The first kappa shape index (κ1) is 15.3. The number of aliphatic hydroxyl groups is 1. The van der Waals surface area contributed by atoms with Gasteiger partial charge < -0.3 is 5.11 Å². The zero-order valence-corrected chi connectivity index (χ0v) is 14.8. The van der Waals surface area contributed by atoms with Crippen molar-refractivity contribution in [3.8, 4) is 0 Å². The van der Waals surface area contributed by atoms with Crippen LogP contribution in [-0.2, 0) is 6.42 Å². The quantitative estimate of drug-likeness (QED) is 0.781. The molecule has 5 heteroatoms. The third-order valence-corrected chi connectivity index (χ3v) is 5.30. The molecule has 1 unspecified atom stereocenters. The summed E-state index contributed by atoms with van der Waals surface area (Å²) >= 11 is 6.94. The van der Waals surface area contributed by atoms with Gasteiger partial charge in [-0.1, -0.05) is 44.7 Å². The zero-order chi connectivity index (χ0) is 14.8. The highest BCUT2D eigenvalue weighted by Crippen LogP contribution is 2.31. The third kappa shape index (κ3) is 3.58. The summed E-state index contributed by atoms with van der Waals surface area (Å²) in [5.74, 6) is 0. The van der Waals surface area contributed by atoms with Crippen molar-refractivity contribution in [1.29, 1.82) is 0 Å². The van der Waals surface area contributed by atoms with Crippen molar-refractivity contribution < 1.29 is 5.11 Å². The summed E-state index contributed by atoms with van der Waals surface area (Å²) in [5, 5.41) is 15.1. The second-order valence-electron chi connectivity index (χ2n) is 5.61. The fourth-order valence-corrected chi connectivity index (χ4v) is 3.83. The van der Waals surface area contributed by atoms with Gasteiger partial charge in [-0.2, -0.15) is 5.10 Å². The predicted octanol–water partition coefficient (Wildman–Crippen LogP) is 4.80. The lowest BCUT2D eigenvalue weighted by atomic mass is 10.1. The molecule has 1 saturated carbocycles. The van der Waals surface area contributed by atoms with E-state index in [0.717, 1.165) is 20.2 Å². The van der Waals surface area contributed by atoms with E-state index in [0.29, 0.717) is 12.5 Å². The van der Waals surface area contributed by atoms with E-state index in [1.807, 2.05) is 30.5 Å². The molecule has 1 aromatic heterocycles. The van der Waals surface area contributed by atoms with Gasteiger partial charge in [-0.3, -0.25) is 4.68 Å². The van der Waals surface area contributed by atoms with E-state index in [1.54, 1.807) is 0 Å². The summed E-state index contributed by atoms with van der Waals surface area (Å²) < 4.78 is 3.97. The topological polar surface area (TPSA) is 38.0 Å². The number of halogens is 2. The van der Waals surface area contributed by atoms with Crippen LogP contribution >= 0.6 is 31.9 Å². The first-order chi connectivity index (χ1) is 10.1. The van der Waals surface area contributed by atoms with Crippen LogP contribution in [0.1, 0.15) is 49.1 Å². The third-order valence-electron chi connectivity index (χ3n) is 4.08. The molecule has 1 aliphatic rings. The molecule has 0 spiro atoms. The molecule has 0 amide bonds. The van der Waals surface area contributed by atoms with Gasteiger partial charge in [0.1, 0.15) is 0 Å². The van der Waals surface area contributed by atoms with E-state index in [1.165, 1.54) is 25.7 Å². The summed E-state index contributed by atoms with van der Waals surface area (Å²) in [6.07, 6.45) is 7.08. The van der Waals surface area contributed by atoms with Crippen LogP contribution in [0.15, 0.2) is 39.4 Å². The van der Waals surface area contributed by atoms with Gasteiger partial charge in [-0.15, -0.1) is 0 Å². The lowest BCUT2D eigenvalue weighted by Crippen LogP contribution is -2.07. The van der Waals surface area contributed by atoms with Crippen LogP contribution < -0.4 is 0 Å². The Labute approximate surface area is 141 Å². The molecule has 1 heterocycles. The van der Waals surface area contributed by atoms with Crippen molar-refractivity contribution in [3.63, 3.8) is 0 Å². The molecular formula is C16H18Br2N2O. The van der Waals surface area contributed by atoms with Gasteiger partial charge >= 0.3 is 0 Å². The predicted molar refractivity (Wildman–Crippen MR) is 90.2 cm³/mol. The Kier molecular flexibility index (Phi) is 4.82. The molecule has 0 aliphatic heterocycles. The standard InChI is InChI=1S/C16H18Br2N2O/c17-11-5-6-15(18)14(9-11)16(21)10-12-7-8-20(19-12)13-3-1-2-4-13/h5-9,13,16,21H,1-4,10H2. The SMILES string of the molecule is OC(Cc1ccn(C2CCCC2)n1)c1cc(Br)ccc1Br. The molecule has 3 rings (SSSR count). The van der Waals surface area contributed by atoms with Crippen LogP contribution in [0.25, 0.3) is 0 Å². The Morgan fingerprint density at radius 2 is 2.00 bits per heavy atom. The molecule has 1 atom stereocenters. The summed E-state index contributed by atoms with van der Waals surface area (Å²) in [6.45, 7) is 0. The maximum Gasteiger partial charge on any atom is 0.0857 e. The second-order valence-corrected chi connectivity index (χ2v) is 7.38. The van der Waals surface area contributed by atoms with Crippen molar-refractivity contribution in [3.05, 3.63) is 50.7 Å². The Bertz CT molecular complexity index is 620. The number of nitrogens with zero attached hydrogens (tertiary/aromatic N) is 2. The van der Waals surface area contributed by atoms with E-state index in [9.17, 15) is 5.11 Å². The Hall–Kier alpha value is -0.650. The maximum absolute atomic E-state index is 10.5. The zero-order valence-electron chi connectivity index (χ0n) is 11.7. The molecule has 3 nitrogen and oxygen atoms in total. The summed E-state index contributed by atoms with van der Waals surface area (Å²) in [5.41, 5.74) is 1.83. The Morgan fingerprint density at radius 1 is 1.24 bits per heavy atom. The van der Waals surface area contributed by atoms with Crippen molar-refractivity contribution >= 4 is 31.9 Å². The molecule has 112 valence electrons. The van der Waals surface area contributed by atoms with Crippen molar-refractivity contribution in [1.82, 2.24) is 9.78 Å². The van der Waals surface area contributed by atoms with Crippen LogP contribution in [0.2, 0.25) is 0 Å². The summed E-state index contributed by atoms with van der Waals surface area (Å²) in [6, 6.07) is 8.42. The molecule has 1 aromatic carbocycles. The van der Waals surface area contributed by atoms with Gasteiger partial charge in [-0.25, -0.2) is 0 Å². The average Bonchev–Trinajstić information content (AvgIpc) is 3.11. The van der Waals surface area contributed by atoms with Crippen LogP contribution in [0, 0.1) is 0 Å². The Balaban J connectivity index is 1.72. The molecule has 1 aliphatic carbocycles. The molecule has 0 radical (unpaired) electrons. The minimum atomic E-state index is -0.552. The maximum atomic E-state index is 10.5. The highest BCUT2D eigenvalue weighted by Gasteiger charge is 2.19. The Morgan fingerprint density at radius 3 is 2.76 bits per heavy atom. The van der Waals surface area contributed by atoms with Crippen LogP contribution in [0.5, 0.6) is 0 Å². The van der Waals surface area contributed by atoms with Gasteiger partial charge in [0, 0.05) is 21.6 Å². The van der Waals surface area contributed by atoms with Crippen LogP contribution in [0.4, 0.5) is 0 Å². The van der Waals surface area contributed by atoms with E-state index in [-0.39, 0.29) is 0 Å². The number of hydrogen-bond donors (Lipinski definition) is 1. The molecule has 21 heavy (non-hydrogen) atoms. The number of hydrogen-bond acceptors (Lipinski definition) is 2. The van der Waals surface area contributed by atoms with Gasteiger partial charge in [0.25, 0.3) is 0 Å². The lowest BCUT2D eigenvalue weighted by molar-refractivity contribution is 0.176. The lowest BCUT2D eigenvalue weighted by Gasteiger charge is -2.13. The molecule has 0 saturated heterocycles. The fraction of sp³-hybridized carbons (Fsp3) is 0.438. The number of benzene rings is 1. The van der Waals surface area contributed by atoms with Gasteiger partial charge in [0.2, 0.25) is 0 Å². The number of aliphatic hydroxyl groups excluding tert-OH is 1. The molecule has 1 N–H and O–H groups in total. The van der Waals surface area contributed by atoms with Gasteiger partial charge in [0.15, 0.2) is 0 Å². The molecule has 0 bridgehead atoms. The number of aromatic nitrogens is 2. The minimum absolute atomic E-state index is 0.536. The molecule has 2 aromatic rings. The van der Waals surface area contributed by atoms with Crippen molar-refractivity contribution in [2.24, 2.45) is 0 Å². The summed E-state index contributed by atoms with van der Waals surface area (Å²) in [4.78, 5) is 0. The van der Waals surface area contributed by atoms with Crippen LogP contribution in [-0.4, -0.2) is 14.9 Å². The monoisotopic (exact) mass is 412 g/mol. The fourth-order valence-electron chi connectivity index (χ4n) is 2.94. The largest absolute Gasteiger partial charge is 0.388 e. The average molecular weight is 414 g/mol. The molecule has 1 fully saturated rings. The smallest absolute Gasteiger partial charge is 0.0857 e. The van der Waals surface area contributed by atoms with E-state index < -0.39 is 6.10 Å². The van der Waals surface area contributed by atoms with Crippen LogP contribution in [0.3, 0.4) is 0 Å².